The largest absolute Gasteiger partial charge is 0.452 e. The zero-order valence-corrected chi connectivity index (χ0v) is 12.1. The molecule has 126 valence electrons. The van der Waals surface area contributed by atoms with Crippen LogP contribution in [0.2, 0.25) is 0 Å². The number of hydrogen-bond acceptors (Lipinski definition) is 3. The van der Waals surface area contributed by atoms with Crippen molar-refractivity contribution in [2.45, 2.75) is 6.18 Å². The van der Waals surface area contributed by atoms with Gasteiger partial charge in [0.15, 0.2) is 6.61 Å². The zero-order valence-electron chi connectivity index (χ0n) is 12.1. The minimum Gasteiger partial charge on any atom is -0.452 e. The number of rotatable bonds is 4. The standard InChI is InChI=1S/C16H11F4NO3/c17-10-5-7-11(8-6-10)21-14(22)9-24-15(23)12-3-1-2-4-13(12)16(18,19)20/h1-8H,9H2,(H,21,22). The average molecular weight is 341 g/mol. The Morgan fingerprint density at radius 1 is 1.00 bits per heavy atom. The van der Waals surface area contributed by atoms with Crippen LogP contribution >= 0.6 is 0 Å². The van der Waals surface area contributed by atoms with Gasteiger partial charge in [-0.2, -0.15) is 13.2 Å². The van der Waals surface area contributed by atoms with E-state index in [0.717, 1.165) is 30.3 Å². The number of halogens is 4. The van der Waals surface area contributed by atoms with Crippen LogP contribution < -0.4 is 5.32 Å². The van der Waals surface area contributed by atoms with Gasteiger partial charge in [-0.05, 0) is 36.4 Å². The van der Waals surface area contributed by atoms with Gasteiger partial charge in [0.25, 0.3) is 5.91 Å². The number of nitrogens with one attached hydrogen (secondary N) is 1. The second-order valence-electron chi connectivity index (χ2n) is 4.67. The first-order chi connectivity index (χ1) is 11.3. The summed E-state index contributed by atoms with van der Waals surface area (Å²) in [5, 5.41) is 2.32. The quantitative estimate of drug-likeness (QED) is 0.682. The van der Waals surface area contributed by atoms with Gasteiger partial charge in [-0.3, -0.25) is 4.79 Å². The first-order valence-electron chi connectivity index (χ1n) is 6.66. The molecule has 0 saturated heterocycles. The molecule has 24 heavy (non-hydrogen) atoms. The molecular formula is C16H11F4NO3. The Hall–Kier alpha value is -2.90. The molecule has 2 rings (SSSR count). The fourth-order valence-electron chi connectivity index (χ4n) is 1.85. The maximum atomic E-state index is 12.8. The Kier molecular flexibility index (Phi) is 5.18. The molecule has 1 amide bonds. The van der Waals surface area contributed by atoms with Crippen LogP contribution in [-0.2, 0) is 15.7 Å². The van der Waals surface area contributed by atoms with Gasteiger partial charge in [0.2, 0.25) is 0 Å². The van der Waals surface area contributed by atoms with Crippen LogP contribution in [0, 0.1) is 5.82 Å². The molecule has 0 heterocycles. The molecule has 2 aromatic rings. The molecule has 0 aliphatic heterocycles. The summed E-state index contributed by atoms with van der Waals surface area (Å²) in [4.78, 5) is 23.4. The molecule has 0 aromatic heterocycles. The summed E-state index contributed by atoms with van der Waals surface area (Å²) in [5.41, 5.74) is -1.57. The summed E-state index contributed by atoms with van der Waals surface area (Å²) in [7, 11) is 0. The first kappa shape index (κ1) is 17.5. The first-order valence-corrected chi connectivity index (χ1v) is 6.66. The molecule has 2 aromatic carbocycles. The molecular weight excluding hydrogens is 330 g/mol. The van der Waals surface area contributed by atoms with Crippen LogP contribution in [-0.4, -0.2) is 18.5 Å². The number of hydrogen-bond donors (Lipinski definition) is 1. The van der Waals surface area contributed by atoms with E-state index in [1.54, 1.807) is 0 Å². The lowest BCUT2D eigenvalue weighted by Crippen LogP contribution is -2.22. The van der Waals surface area contributed by atoms with E-state index in [2.05, 4.69) is 10.1 Å². The highest BCUT2D eigenvalue weighted by Gasteiger charge is 2.35. The van der Waals surface area contributed by atoms with Gasteiger partial charge in [-0.25, -0.2) is 9.18 Å². The van der Waals surface area contributed by atoms with Crippen molar-refractivity contribution in [3.8, 4) is 0 Å². The third-order valence-electron chi connectivity index (χ3n) is 2.91. The highest BCUT2D eigenvalue weighted by atomic mass is 19.4. The summed E-state index contributed by atoms with van der Waals surface area (Å²) < 4.78 is 55.8. The molecule has 0 atom stereocenters. The molecule has 0 saturated carbocycles. The van der Waals surface area contributed by atoms with Gasteiger partial charge < -0.3 is 10.1 Å². The Labute approximate surface area is 134 Å². The smallest absolute Gasteiger partial charge is 0.417 e. The predicted molar refractivity (Wildman–Crippen MR) is 76.8 cm³/mol. The summed E-state index contributed by atoms with van der Waals surface area (Å²) in [6.07, 6.45) is -4.72. The monoisotopic (exact) mass is 341 g/mol. The number of amides is 1. The second-order valence-corrected chi connectivity index (χ2v) is 4.67. The zero-order chi connectivity index (χ0) is 17.7. The van der Waals surface area contributed by atoms with Crippen LogP contribution in [0.25, 0.3) is 0 Å². The van der Waals surface area contributed by atoms with Crippen molar-refractivity contribution < 1.29 is 31.9 Å². The van der Waals surface area contributed by atoms with E-state index < -0.39 is 41.6 Å². The molecule has 0 unspecified atom stereocenters. The summed E-state index contributed by atoms with van der Waals surface area (Å²) in [5.74, 6) is -2.53. The molecule has 0 fully saturated rings. The number of carbonyl (C=O) groups excluding carboxylic acids is 2. The lowest BCUT2D eigenvalue weighted by molar-refractivity contribution is -0.138. The predicted octanol–water partition coefficient (Wildman–Crippen LogP) is 3.64. The van der Waals surface area contributed by atoms with Crippen molar-refractivity contribution in [1.82, 2.24) is 0 Å². The van der Waals surface area contributed by atoms with E-state index >= 15 is 0 Å². The number of anilines is 1. The maximum absolute atomic E-state index is 12.8. The summed E-state index contributed by atoms with van der Waals surface area (Å²) >= 11 is 0. The minimum absolute atomic E-state index is 0.258. The topological polar surface area (TPSA) is 55.4 Å². The average Bonchev–Trinajstić information content (AvgIpc) is 2.54. The molecule has 0 aliphatic carbocycles. The minimum atomic E-state index is -4.72. The Morgan fingerprint density at radius 2 is 1.62 bits per heavy atom. The van der Waals surface area contributed by atoms with Crippen molar-refractivity contribution in [2.24, 2.45) is 0 Å². The number of benzene rings is 2. The highest BCUT2D eigenvalue weighted by Crippen LogP contribution is 2.32. The van der Waals surface area contributed by atoms with E-state index in [4.69, 9.17) is 0 Å². The Bertz CT molecular complexity index is 742. The fourth-order valence-corrected chi connectivity index (χ4v) is 1.85. The van der Waals surface area contributed by atoms with Gasteiger partial charge in [0.05, 0.1) is 11.1 Å². The number of carbonyl (C=O) groups is 2. The Morgan fingerprint density at radius 3 is 2.25 bits per heavy atom. The molecule has 0 bridgehead atoms. The van der Waals surface area contributed by atoms with Gasteiger partial charge in [0, 0.05) is 5.69 Å². The van der Waals surface area contributed by atoms with Crippen LogP contribution in [0.1, 0.15) is 15.9 Å². The summed E-state index contributed by atoms with van der Waals surface area (Å²) in [6.45, 7) is -0.775. The highest BCUT2D eigenvalue weighted by molar-refractivity contribution is 5.96. The molecule has 0 aliphatic rings. The van der Waals surface area contributed by atoms with Crippen LogP contribution in [0.3, 0.4) is 0 Å². The van der Waals surface area contributed by atoms with Crippen LogP contribution in [0.15, 0.2) is 48.5 Å². The lowest BCUT2D eigenvalue weighted by Gasteiger charge is -2.12. The summed E-state index contributed by atoms with van der Waals surface area (Å²) in [6, 6.07) is 8.90. The van der Waals surface area contributed by atoms with E-state index in [-0.39, 0.29) is 5.69 Å². The van der Waals surface area contributed by atoms with E-state index in [1.165, 1.54) is 18.2 Å². The fraction of sp³-hybridized carbons (Fsp3) is 0.125. The SMILES string of the molecule is O=C(COC(=O)c1ccccc1C(F)(F)F)Nc1ccc(F)cc1. The molecule has 4 nitrogen and oxygen atoms in total. The van der Waals surface area contributed by atoms with Gasteiger partial charge >= 0.3 is 12.1 Å². The third kappa shape index (κ3) is 4.55. The molecule has 0 spiro atoms. The lowest BCUT2D eigenvalue weighted by atomic mass is 10.1. The maximum Gasteiger partial charge on any atom is 0.417 e. The van der Waals surface area contributed by atoms with Gasteiger partial charge in [-0.15, -0.1) is 0 Å². The van der Waals surface area contributed by atoms with Crippen molar-refractivity contribution in [3.05, 3.63) is 65.5 Å². The molecule has 8 heteroatoms. The van der Waals surface area contributed by atoms with Crippen molar-refractivity contribution >= 4 is 17.6 Å². The Balaban J connectivity index is 1.98. The van der Waals surface area contributed by atoms with Gasteiger partial charge in [-0.1, -0.05) is 12.1 Å². The third-order valence-corrected chi connectivity index (χ3v) is 2.91. The second kappa shape index (κ2) is 7.12. The van der Waals surface area contributed by atoms with Gasteiger partial charge in [0.1, 0.15) is 5.82 Å². The van der Waals surface area contributed by atoms with Crippen molar-refractivity contribution in [2.75, 3.05) is 11.9 Å². The van der Waals surface area contributed by atoms with Crippen molar-refractivity contribution in [1.29, 1.82) is 0 Å². The van der Waals surface area contributed by atoms with Crippen LogP contribution in [0.5, 0.6) is 0 Å². The normalized spacial score (nSPS) is 11.0. The van der Waals surface area contributed by atoms with E-state index in [1.807, 2.05) is 0 Å². The molecule has 0 radical (unpaired) electrons. The van der Waals surface area contributed by atoms with Crippen LogP contribution in [0.4, 0.5) is 23.2 Å². The van der Waals surface area contributed by atoms with E-state index in [0.29, 0.717) is 0 Å². The van der Waals surface area contributed by atoms with E-state index in [9.17, 15) is 27.2 Å². The number of alkyl halides is 3. The molecule has 1 N–H and O–H groups in total. The van der Waals surface area contributed by atoms with Crippen molar-refractivity contribution in [3.63, 3.8) is 0 Å². The number of ether oxygens (including phenoxy) is 1. The number of esters is 1.